The van der Waals surface area contributed by atoms with Crippen LogP contribution in [-0.2, 0) is 9.59 Å². The number of likely N-dealkylation sites (tertiary alicyclic amines) is 1. The first-order valence-electron chi connectivity index (χ1n) is 7.45. The maximum Gasteiger partial charge on any atom is 0.265 e. The van der Waals surface area contributed by atoms with Gasteiger partial charge in [-0.25, -0.2) is 0 Å². The summed E-state index contributed by atoms with van der Waals surface area (Å²) in [7, 11) is 0. The van der Waals surface area contributed by atoms with Gasteiger partial charge in [0.2, 0.25) is 5.91 Å². The molecule has 5 nitrogen and oxygen atoms in total. The average molecular weight is 288 g/mol. The zero-order valence-electron chi connectivity index (χ0n) is 12.2. The largest absolute Gasteiger partial charge is 0.482 e. The molecular formula is C16H20N2O3. The second kappa shape index (κ2) is 5.76. The molecule has 2 heterocycles. The summed E-state index contributed by atoms with van der Waals surface area (Å²) in [6.07, 6.45) is 2.21. The molecule has 1 aromatic rings. The van der Waals surface area contributed by atoms with Crippen molar-refractivity contribution in [3.63, 3.8) is 0 Å². The Hall–Kier alpha value is -2.04. The maximum atomic E-state index is 12.5. The lowest BCUT2D eigenvalue weighted by Crippen LogP contribution is -2.48. The zero-order chi connectivity index (χ0) is 14.8. The number of anilines is 1. The van der Waals surface area contributed by atoms with E-state index in [1.165, 1.54) is 6.42 Å². The Morgan fingerprint density at radius 1 is 1.38 bits per heavy atom. The van der Waals surface area contributed by atoms with Crippen LogP contribution < -0.4 is 9.64 Å². The Kier molecular flexibility index (Phi) is 3.82. The van der Waals surface area contributed by atoms with E-state index >= 15 is 0 Å². The molecular weight excluding hydrogens is 268 g/mol. The molecule has 0 aromatic heterocycles. The summed E-state index contributed by atoms with van der Waals surface area (Å²) in [4.78, 5) is 27.9. The summed E-state index contributed by atoms with van der Waals surface area (Å²) in [6.45, 7) is 3.85. The molecule has 112 valence electrons. The number of hydrogen-bond acceptors (Lipinski definition) is 3. The Labute approximate surface area is 124 Å². The van der Waals surface area contributed by atoms with E-state index in [0.717, 1.165) is 19.5 Å². The number of rotatable bonds is 2. The standard InChI is InChI=1S/C16H20N2O3/c1-12-5-4-8-17(9-12)15(19)10-18-13-6-2-3-7-14(13)21-11-16(18)20/h2-3,6-7,12H,4-5,8-11H2,1H3/t12-/m0/s1. The maximum absolute atomic E-state index is 12.5. The minimum absolute atomic E-state index is 0.000691. The van der Waals surface area contributed by atoms with Gasteiger partial charge in [0.05, 0.1) is 5.69 Å². The van der Waals surface area contributed by atoms with Gasteiger partial charge in [0.25, 0.3) is 5.91 Å². The predicted octanol–water partition coefficient (Wildman–Crippen LogP) is 1.67. The van der Waals surface area contributed by atoms with E-state index in [4.69, 9.17) is 4.74 Å². The fourth-order valence-electron chi connectivity index (χ4n) is 2.98. The van der Waals surface area contributed by atoms with Crippen LogP contribution >= 0.6 is 0 Å². The van der Waals surface area contributed by atoms with Crippen molar-refractivity contribution in [1.82, 2.24) is 4.90 Å². The van der Waals surface area contributed by atoms with Crippen LogP contribution in [-0.4, -0.2) is 43.0 Å². The summed E-state index contributed by atoms with van der Waals surface area (Å²) >= 11 is 0. The SMILES string of the molecule is C[C@H]1CCCN(C(=O)CN2C(=O)COc3ccccc32)C1. The lowest BCUT2D eigenvalue weighted by atomic mass is 10.0. The molecule has 0 unspecified atom stereocenters. The van der Waals surface area contributed by atoms with Crippen LogP contribution in [0.15, 0.2) is 24.3 Å². The quantitative estimate of drug-likeness (QED) is 0.832. The summed E-state index contributed by atoms with van der Waals surface area (Å²) in [5.41, 5.74) is 0.687. The van der Waals surface area contributed by atoms with E-state index in [9.17, 15) is 9.59 Å². The Balaban J connectivity index is 1.74. The number of piperidine rings is 1. The van der Waals surface area contributed by atoms with Gasteiger partial charge in [-0.2, -0.15) is 0 Å². The molecule has 21 heavy (non-hydrogen) atoms. The van der Waals surface area contributed by atoms with Crippen molar-refractivity contribution < 1.29 is 14.3 Å². The molecule has 1 aromatic carbocycles. The van der Waals surface area contributed by atoms with Crippen molar-refractivity contribution >= 4 is 17.5 Å². The van der Waals surface area contributed by atoms with Gasteiger partial charge in [-0.1, -0.05) is 19.1 Å². The van der Waals surface area contributed by atoms with Gasteiger partial charge in [-0.15, -0.1) is 0 Å². The number of nitrogens with zero attached hydrogens (tertiary/aromatic N) is 2. The highest BCUT2D eigenvalue weighted by Gasteiger charge is 2.29. The van der Waals surface area contributed by atoms with E-state index in [1.54, 1.807) is 4.90 Å². The van der Waals surface area contributed by atoms with Gasteiger partial charge in [0.15, 0.2) is 6.61 Å². The molecule has 0 N–H and O–H groups in total. The average Bonchev–Trinajstić information content (AvgIpc) is 2.50. The highest BCUT2D eigenvalue weighted by Crippen LogP contribution is 2.31. The summed E-state index contributed by atoms with van der Waals surface area (Å²) < 4.78 is 5.39. The first kappa shape index (κ1) is 13.9. The van der Waals surface area contributed by atoms with Crippen molar-refractivity contribution in [2.24, 2.45) is 5.92 Å². The molecule has 0 bridgehead atoms. The van der Waals surface area contributed by atoms with Crippen molar-refractivity contribution in [3.8, 4) is 5.75 Å². The number of carbonyl (C=O) groups is 2. The van der Waals surface area contributed by atoms with Crippen molar-refractivity contribution in [2.45, 2.75) is 19.8 Å². The number of carbonyl (C=O) groups excluding carboxylic acids is 2. The van der Waals surface area contributed by atoms with Gasteiger partial charge < -0.3 is 9.64 Å². The Morgan fingerprint density at radius 2 is 2.19 bits per heavy atom. The molecule has 2 amide bonds. The van der Waals surface area contributed by atoms with Gasteiger partial charge in [-0.05, 0) is 30.9 Å². The van der Waals surface area contributed by atoms with Crippen LogP contribution in [0.4, 0.5) is 5.69 Å². The fraction of sp³-hybridized carbons (Fsp3) is 0.500. The molecule has 2 aliphatic heterocycles. The van der Waals surface area contributed by atoms with Crippen LogP contribution in [0.25, 0.3) is 0 Å². The molecule has 1 saturated heterocycles. The van der Waals surface area contributed by atoms with Gasteiger partial charge in [-0.3, -0.25) is 14.5 Å². The van der Waals surface area contributed by atoms with Gasteiger partial charge in [0.1, 0.15) is 12.3 Å². The third-order valence-electron chi connectivity index (χ3n) is 4.11. The smallest absolute Gasteiger partial charge is 0.265 e. The molecule has 3 rings (SSSR count). The number of hydrogen-bond donors (Lipinski definition) is 0. The van der Waals surface area contributed by atoms with Gasteiger partial charge >= 0.3 is 0 Å². The van der Waals surface area contributed by atoms with Crippen LogP contribution in [0.2, 0.25) is 0 Å². The highest BCUT2D eigenvalue weighted by atomic mass is 16.5. The number of fused-ring (bicyclic) bond motifs is 1. The monoisotopic (exact) mass is 288 g/mol. The first-order valence-corrected chi connectivity index (χ1v) is 7.45. The van der Waals surface area contributed by atoms with E-state index in [-0.39, 0.29) is 25.0 Å². The number of benzene rings is 1. The second-order valence-corrected chi connectivity index (χ2v) is 5.82. The lowest BCUT2D eigenvalue weighted by Gasteiger charge is -2.34. The van der Waals surface area contributed by atoms with E-state index in [0.29, 0.717) is 17.4 Å². The van der Waals surface area contributed by atoms with Crippen LogP contribution in [0.3, 0.4) is 0 Å². The van der Waals surface area contributed by atoms with E-state index in [1.807, 2.05) is 29.2 Å². The van der Waals surface area contributed by atoms with Crippen LogP contribution in [0, 0.1) is 5.92 Å². The predicted molar refractivity (Wildman–Crippen MR) is 79.3 cm³/mol. The summed E-state index contributed by atoms with van der Waals surface area (Å²) in [6, 6.07) is 7.35. The van der Waals surface area contributed by atoms with Crippen LogP contribution in [0.1, 0.15) is 19.8 Å². The molecule has 5 heteroatoms. The minimum Gasteiger partial charge on any atom is -0.482 e. The summed E-state index contributed by atoms with van der Waals surface area (Å²) in [5, 5.41) is 0. The van der Waals surface area contributed by atoms with Crippen molar-refractivity contribution in [2.75, 3.05) is 31.1 Å². The fourth-order valence-corrected chi connectivity index (χ4v) is 2.98. The number of para-hydroxylation sites is 2. The van der Waals surface area contributed by atoms with Crippen molar-refractivity contribution in [1.29, 1.82) is 0 Å². The minimum atomic E-state index is -0.160. The van der Waals surface area contributed by atoms with Crippen molar-refractivity contribution in [3.05, 3.63) is 24.3 Å². The van der Waals surface area contributed by atoms with Crippen LogP contribution in [0.5, 0.6) is 5.75 Å². The molecule has 0 saturated carbocycles. The molecule has 0 aliphatic carbocycles. The van der Waals surface area contributed by atoms with Gasteiger partial charge in [0, 0.05) is 13.1 Å². The Bertz CT molecular complexity index is 558. The Morgan fingerprint density at radius 3 is 3.00 bits per heavy atom. The third-order valence-corrected chi connectivity index (χ3v) is 4.11. The number of amides is 2. The normalized spacial score (nSPS) is 21.8. The molecule has 1 atom stereocenters. The second-order valence-electron chi connectivity index (χ2n) is 5.82. The lowest BCUT2D eigenvalue weighted by molar-refractivity contribution is -0.133. The molecule has 1 fully saturated rings. The first-order chi connectivity index (χ1) is 10.1. The van der Waals surface area contributed by atoms with E-state index < -0.39 is 0 Å². The zero-order valence-corrected chi connectivity index (χ0v) is 12.2. The highest BCUT2D eigenvalue weighted by molar-refractivity contribution is 6.02. The third kappa shape index (κ3) is 2.86. The van der Waals surface area contributed by atoms with E-state index in [2.05, 4.69) is 6.92 Å². The summed E-state index contributed by atoms with van der Waals surface area (Å²) in [5.74, 6) is 1.06. The molecule has 2 aliphatic rings. The molecule has 0 radical (unpaired) electrons. The number of ether oxygens (including phenoxy) is 1. The molecule has 0 spiro atoms. The topological polar surface area (TPSA) is 49.9 Å².